The lowest BCUT2D eigenvalue weighted by Crippen LogP contribution is -2.33. The molecule has 6 heteroatoms. The van der Waals surface area contributed by atoms with E-state index in [4.69, 9.17) is 21.1 Å². The first-order valence-electron chi connectivity index (χ1n) is 7.89. The number of nitrogens with one attached hydrogen (secondary N) is 1. The predicted molar refractivity (Wildman–Crippen MR) is 103 cm³/mol. The predicted octanol–water partition coefficient (Wildman–Crippen LogP) is 4.72. The maximum absolute atomic E-state index is 12.5. The second-order valence-corrected chi connectivity index (χ2v) is 7.40. The van der Waals surface area contributed by atoms with Gasteiger partial charge < -0.3 is 14.8 Å². The minimum absolute atomic E-state index is 0.0441. The Hall–Kier alpha value is -1.85. The van der Waals surface area contributed by atoms with Crippen LogP contribution >= 0.6 is 23.4 Å². The molecule has 134 valence electrons. The Morgan fingerprint density at radius 3 is 2.36 bits per heavy atom. The molecule has 0 fully saturated rings. The fourth-order valence-electron chi connectivity index (χ4n) is 2.36. The average molecular weight is 380 g/mol. The molecule has 0 radical (unpaired) electrons. The van der Waals surface area contributed by atoms with E-state index in [1.54, 1.807) is 14.2 Å². The first-order valence-corrected chi connectivity index (χ1v) is 9.15. The maximum Gasteiger partial charge on any atom is 0.233 e. The van der Waals surface area contributed by atoms with Crippen LogP contribution in [0.4, 0.5) is 0 Å². The van der Waals surface area contributed by atoms with Crippen molar-refractivity contribution in [1.29, 1.82) is 0 Å². The first-order chi connectivity index (χ1) is 11.9. The molecular weight excluding hydrogens is 358 g/mol. The number of methoxy groups -OCH3 is 2. The summed E-state index contributed by atoms with van der Waals surface area (Å²) in [6, 6.07) is 12.8. The quantitative estimate of drug-likeness (QED) is 0.707. The van der Waals surface area contributed by atoms with Crippen molar-refractivity contribution in [3.63, 3.8) is 0 Å². The number of thioether (sulfide) groups is 1. The van der Waals surface area contributed by atoms with Gasteiger partial charge in [0.1, 0.15) is 11.5 Å². The Kier molecular flexibility index (Phi) is 7.02. The maximum atomic E-state index is 12.5. The molecule has 1 amide bonds. The molecule has 0 saturated heterocycles. The first kappa shape index (κ1) is 19.5. The summed E-state index contributed by atoms with van der Waals surface area (Å²) in [5, 5.41) is 3.48. The summed E-state index contributed by atoms with van der Waals surface area (Å²) in [7, 11) is 3.22. The van der Waals surface area contributed by atoms with Crippen molar-refractivity contribution in [2.24, 2.45) is 0 Å². The van der Waals surface area contributed by atoms with Crippen molar-refractivity contribution in [1.82, 2.24) is 5.32 Å². The lowest BCUT2D eigenvalue weighted by atomic mass is 10.1. The van der Waals surface area contributed by atoms with Crippen LogP contribution in [0.1, 0.15) is 25.5 Å². The normalized spacial score (nSPS) is 13.0. The van der Waals surface area contributed by atoms with Gasteiger partial charge in [-0.15, -0.1) is 11.8 Å². The molecular formula is C19H22ClNO3S. The van der Waals surface area contributed by atoms with Crippen molar-refractivity contribution in [3.8, 4) is 11.5 Å². The molecule has 0 aliphatic heterocycles. The van der Waals surface area contributed by atoms with Crippen LogP contribution in [0.15, 0.2) is 47.4 Å². The summed E-state index contributed by atoms with van der Waals surface area (Å²) in [5.41, 5.74) is 0.874. The van der Waals surface area contributed by atoms with Crippen LogP contribution in [0.2, 0.25) is 5.02 Å². The van der Waals surface area contributed by atoms with Crippen LogP contribution in [-0.2, 0) is 4.79 Å². The van der Waals surface area contributed by atoms with E-state index in [0.29, 0.717) is 10.8 Å². The molecule has 2 atom stereocenters. The van der Waals surface area contributed by atoms with Gasteiger partial charge in [-0.25, -0.2) is 0 Å². The molecule has 0 spiro atoms. The minimum Gasteiger partial charge on any atom is -0.497 e. The molecule has 1 N–H and O–H groups in total. The highest BCUT2D eigenvalue weighted by Crippen LogP contribution is 2.30. The van der Waals surface area contributed by atoms with E-state index in [2.05, 4.69) is 5.32 Å². The lowest BCUT2D eigenvalue weighted by Gasteiger charge is -2.20. The molecule has 0 aliphatic rings. The van der Waals surface area contributed by atoms with Gasteiger partial charge in [0, 0.05) is 15.5 Å². The van der Waals surface area contributed by atoms with Gasteiger partial charge in [-0.2, -0.15) is 0 Å². The third-order valence-electron chi connectivity index (χ3n) is 3.76. The van der Waals surface area contributed by atoms with Crippen molar-refractivity contribution in [2.45, 2.75) is 30.0 Å². The van der Waals surface area contributed by atoms with E-state index >= 15 is 0 Å². The second-order valence-electron chi connectivity index (χ2n) is 5.55. The van der Waals surface area contributed by atoms with Crippen LogP contribution in [0.25, 0.3) is 0 Å². The Morgan fingerprint density at radius 2 is 1.76 bits per heavy atom. The van der Waals surface area contributed by atoms with Gasteiger partial charge in [-0.05, 0) is 56.3 Å². The van der Waals surface area contributed by atoms with Crippen LogP contribution < -0.4 is 14.8 Å². The van der Waals surface area contributed by atoms with E-state index in [1.807, 2.05) is 56.3 Å². The lowest BCUT2D eigenvalue weighted by molar-refractivity contribution is -0.120. The molecule has 25 heavy (non-hydrogen) atoms. The van der Waals surface area contributed by atoms with E-state index in [-0.39, 0.29) is 17.2 Å². The molecule has 4 nitrogen and oxygen atoms in total. The van der Waals surface area contributed by atoms with Crippen molar-refractivity contribution in [3.05, 3.63) is 53.1 Å². The topological polar surface area (TPSA) is 47.6 Å². The number of ether oxygens (including phenoxy) is 2. The molecule has 0 aromatic heterocycles. The number of hydrogen-bond acceptors (Lipinski definition) is 4. The van der Waals surface area contributed by atoms with Gasteiger partial charge in [0.2, 0.25) is 5.91 Å². The highest BCUT2D eigenvalue weighted by molar-refractivity contribution is 8.00. The smallest absolute Gasteiger partial charge is 0.233 e. The van der Waals surface area contributed by atoms with Crippen LogP contribution in [0.5, 0.6) is 11.5 Å². The Bertz CT molecular complexity index is 721. The fourth-order valence-corrected chi connectivity index (χ4v) is 3.36. The van der Waals surface area contributed by atoms with E-state index in [9.17, 15) is 4.79 Å². The van der Waals surface area contributed by atoms with Crippen molar-refractivity contribution in [2.75, 3.05) is 14.2 Å². The monoisotopic (exact) mass is 379 g/mol. The Labute approximate surface area is 157 Å². The van der Waals surface area contributed by atoms with Gasteiger partial charge in [0.15, 0.2) is 0 Å². The van der Waals surface area contributed by atoms with Gasteiger partial charge in [0.25, 0.3) is 0 Å². The number of hydrogen-bond donors (Lipinski definition) is 1. The molecule has 0 unspecified atom stereocenters. The van der Waals surface area contributed by atoms with Gasteiger partial charge >= 0.3 is 0 Å². The fraction of sp³-hybridized carbons (Fsp3) is 0.316. The van der Waals surface area contributed by atoms with Crippen molar-refractivity contribution >= 4 is 29.3 Å². The number of amides is 1. The summed E-state index contributed by atoms with van der Waals surface area (Å²) >= 11 is 7.38. The summed E-state index contributed by atoms with van der Waals surface area (Å²) in [6.45, 7) is 3.80. The Morgan fingerprint density at radius 1 is 1.08 bits per heavy atom. The summed E-state index contributed by atoms with van der Waals surface area (Å²) in [4.78, 5) is 13.5. The zero-order valence-electron chi connectivity index (χ0n) is 14.7. The molecule has 0 bridgehead atoms. The molecule has 0 saturated carbocycles. The molecule has 2 aromatic rings. The second kappa shape index (κ2) is 9.02. The molecule has 0 aliphatic carbocycles. The van der Waals surface area contributed by atoms with E-state index in [1.165, 1.54) is 11.8 Å². The SMILES string of the molecule is COc1ccc(OC)c([C@@H](C)NC(=O)[C@H](C)Sc2ccc(Cl)cc2)c1. The van der Waals surface area contributed by atoms with Gasteiger partial charge in [-0.3, -0.25) is 4.79 Å². The third-order valence-corrected chi connectivity index (χ3v) is 5.12. The van der Waals surface area contributed by atoms with E-state index < -0.39 is 0 Å². The number of rotatable bonds is 7. The highest BCUT2D eigenvalue weighted by atomic mass is 35.5. The van der Waals surface area contributed by atoms with Crippen LogP contribution in [-0.4, -0.2) is 25.4 Å². The average Bonchev–Trinajstić information content (AvgIpc) is 2.62. The van der Waals surface area contributed by atoms with Gasteiger partial charge in [0.05, 0.1) is 25.5 Å². The largest absolute Gasteiger partial charge is 0.497 e. The number of carbonyl (C=O) groups excluding carboxylic acids is 1. The minimum atomic E-state index is -0.236. The molecule has 2 aromatic carbocycles. The number of halogens is 1. The summed E-state index contributed by atoms with van der Waals surface area (Å²) in [6.07, 6.45) is 0. The van der Waals surface area contributed by atoms with Gasteiger partial charge in [-0.1, -0.05) is 11.6 Å². The van der Waals surface area contributed by atoms with E-state index in [0.717, 1.165) is 16.2 Å². The summed E-state index contributed by atoms with van der Waals surface area (Å²) in [5.74, 6) is 1.39. The number of benzene rings is 2. The van der Waals surface area contributed by atoms with Crippen LogP contribution in [0, 0.1) is 0 Å². The Balaban J connectivity index is 2.05. The van der Waals surface area contributed by atoms with Crippen LogP contribution in [0.3, 0.4) is 0 Å². The zero-order valence-corrected chi connectivity index (χ0v) is 16.3. The highest BCUT2D eigenvalue weighted by Gasteiger charge is 2.20. The standard InChI is InChI=1S/C19H22ClNO3S/c1-12(17-11-15(23-3)7-10-18(17)24-4)21-19(22)13(2)25-16-8-5-14(20)6-9-16/h5-13H,1-4H3,(H,21,22)/t12-,13+/m1/s1. The molecule has 0 heterocycles. The van der Waals surface area contributed by atoms with Crippen molar-refractivity contribution < 1.29 is 14.3 Å². The summed E-state index contributed by atoms with van der Waals surface area (Å²) < 4.78 is 10.7. The third kappa shape index (κ3) is 5.31. The zero-order chi connectivity index (χ0) is 18.4. The molecule has 2 rings (SSSR count). The number of carbonyl (C=O) groups is 1.